The molecule has 1 amide bonds. The predicted molar refractivity (Wildman–Crippen MR) is 126 cm³/mol. The summed E-state index contributed by atoms with van der Waals surface area (Å²) < 4.78 is 31.8. The van der Waals surface area contributed by atoms with Gasteiger partial charge in [0.25, 0.3) is 0 Å². The van der Waals surface area contributed by atoms with Crippen LogP contribution in [0.1, 0.15) is 25.8 Å². The van der Waals surface area contributed by atoms with Gasteiger partial charge < -0.3 is 15.4 Å². The molecule has 1 heterocycles. The van der Waals surface area contributed by atoms with Gasteiger partial charge in [-0.3, -0.25) is 4.79 Å². The summed E-state index contributed by atoms with van der Waals surface area (Å²) in [6, 6.07) is 4.69. The monoisotopic (exact) mass is 487 g/mol. The van der Waals surface area contributed by atoms with Gasteiger partial charge in [0.1, 0.15) is 0 Å². The molecule has 0 fully saturated rings. The van der Waals surface area contributed by atoms with Crippen molar-refractivity contribution < 1.29 is 17.9 Å². The van der Waals surface area contributed by atoms with Gasteiger partial charge in [-0.15, -0.1) is 10.2 Å². The third kappa shape index (κ3) is 7.42. The van der Waals surface area contributed by atoms with E-state index in [-0.39, 0.29) is 10.8 Å². The Kier molecular flexibility index (Phi) is 9.69. The minimum absolute atomic E-state index is 0.128. The Hall–Kier alpha value is -1.73. The number of sulfonamides is 1. The number of hydrogen-bond donors (Lipinski definition) is 2. The average molecular weight is 488 g/mol. The van der Waals surface area contributed by atoms with E-state index >= 15 is 0 Å². The number of benzene rings is 1. The molecule has 172 valence electrons. The quantitative estimate of drug-likeness (QED) is 0.347. The first kappa shape index (κ1) is 25.5. The van der Waals surface area contributed by atoms with Crippen LogP contribution < -0.4 is 10.6 Å². The number of thioether (sulfide) groups is 1. The van der Waals surface area contributed by atoms with E-state index < -0.39 is 15.3 Å². The fourth-order valence-electron chi connectivity index (χ4n) is 2.39. The first-order chi connectivity index (χ1) is 14.6. The Morgan fingerprint density at radius 3 is 2.74 bits per heavy atom. The number of carbonyl (C=O) groups excluding carboxylic acids is 1. The first-order valence-corrected chi connectivity index (χ1v) is 12.9. The van der Waals surface area contributed by atoms with Crippen molar-refractivity contribution in [3.8, 4) is 0 Å². The van der Waals surface area contributed by atoms with Crippen molar-refractivity contribution in [3.63, 3.8) is 0 Å². The molecule has 0 aliphatic heterocycles. The van der Waals surface area contributed by atoms with Gasteiger partial charge in [-0.2, -0.15) is 0 Å². The normalized spacial score (nSPS) is 12.7. The van der Waals surface area contributed by atoms with Crippen LogP contribution in [0.2, 0.25) is 0 Å². The van der Waals surface area contributed by atoms with Crippen molar-refractivity contribution in [3.05, 3.63) is 23.8 Å². The number of anilines is 2. The maximum absolute atomic E-state index is 12.7. The maximum Gasteiger partial charge on any atom is 0.242 e. The van der Waals surface area contributed by atoms with E-state index in [2.05, 4.69) is 20.8 Å². The van der Waals surface area contributed by atoms with Crippen LogP contribution >= 0.6 is 23.1 Å². The van der Waals surface area contributed by atoms with E-state index in [0.717, 1.165) is 22.8 Å². The largest absolute Gasteiger partial charge is 0.382 e. The van der Waals surface area contributed by atoms with Gasteiger partial charge in [-0.05, 0) is 44.9 Å². The first-order valence-electron chi connectivity index (χ1n) is 9.81. The number of aryl methyl sites for hydroxylation is 1. The molecule has 12 heteroatoms. The molecule has 9 nitrogen and oxygen atoms in total. The SMILES string of the molecule is CCOCCCNc1nnc(SC(C)C(=O)Nc2cc(S(=O)(=O)N(C)C)ccc2C)s1. The van der Waals surface area contributed by atoms with Gasteiger partial charge in [-0.1, -0.05) is 29.2 Å². The number of rotatable bonds is 12. The maximum atomic E-state index is 12.7. The molecule has 1 unspecified atom stereocenters. The fraction of sp³-hybridized carbons (Fsp3) is 0.526. The second-order valence-corrected chi connectivity index (χ2v) is 11.6. The highest BCUT2D eigenvalue weighted by Crippen LogP contribution is 2.30. The summed E-state index contributed by atoms with van der Waals surface area (Å²) in [7, 11) is -0.649. The van der Waals surface area contributed by atoms with Crippen molar-refractivity contribution in [1.82, 2.24) is 14.5 Å². The van der Waals surface area contributed by atoms with Crippen molar-refractivity contribution in [2.24, 2.45) is 0 Å². The molecule has 0 spiro atoms. The average Bonchev–Trinajstić information content (AvgIpc) is 3.16. The van der Waals surface area contributed by atoms with Gasteiger partial charge >= 0.3 is 0 Å². The zero-order valence-corrected chi connectivity index (χ0v) is 20.8. The summed E-state index contributed by atoms with van der Waals surface area (Å²) in [5.41, 5.74) is 1.24. The Bertz CT molecular complexity index is 979. The van der Waals surface area contributed by atoms with Crippen LogP contribution in [0, 0.1) is 6.92 Å². The topological polar surface area (TPSA) is 114 Å². The molecule has 0 radical (unpaired) electrons. The third-order valence-corrected chi connectivity index (χ3v) is 8.12. The molecule has 1 aromatic carbocycles. The van der Waals surface area contributed by atoms with Gasteiger partial charge in [0, 0.05) is 39.5 Å². The number of ether oxygens (including phenoxy) is 1. The van der Waals surface area contributed by atoms with E-state index in [4.69, 9.17) is 4.74 Å². The molecule has 2 rings (SSSR count). The minimum Gasteiger partial charge on any atom is -0.382 e. The van der Waals surface area contributed by atoms with Gasteiger partial charge in [-0.25, -0.2) is 12.7 Å². The highest BCUT2D eigenvalue weighted by Gasteiger charge is 2.21. The zero-order valence-electron chi connectivity index (χ0n) is 18.3. The number of aromatic nitrogens is 2. The van der Waals surface area contributed by atoms with Gasteiger partial charge in [0.2, 0.25) is 21.1 Å². The van der Waals surface area contributed by atoms with Crippen LogP contribution in [0.25, 0.3) is 0 Å². The summed E-state index contributed by atoms with van der Waals surface area (Å²) in [4.78, 5) is 12.8. The molecule has 0 aliphatic carbocycles. The lowest BCUT2D eigenvalue weighted by Gasteiger charge is -2.15. The second-order valence-electron chi connectivity index (χ2n) is 6.86. The number of hydrogen-bond acceptors (Lipinski definition) is 9. The Morgan fingerprint density at radius 1 is 1.32 bits per heavy atom. The van der Waals surface area contributed by atoms with Crippen molar-refractivity contribution in [1.29, 1.82) is 0 Å². The summed E-state index contributed by atoms with van der Waals surface area (Å²) >= 11 is 2.69. The Labute approximate surface area is 192 Å². The number of nitrogens with zero attached hydrogens (tertiary/aromatic N) is 3. The number of carbonyl (C=O) groups is 1. The summed E-state index contributed by atoms with van der Waals surface area (Å²) in [6.07, 6.45) is 0.872. The van der Waals surface area contributed by atoms with E-state index in [9.17, 15) is 13.2 Å². The molecule has 1 atom stereocenters. The van der Waals surface area contributed by atoms with Crippen molar-refractivity contribution in [2.75, 3.05) is 44.5 Å². The van der Waals surface area contributed by atoms with Gasteiger partial charge in [0.15, 0.2) is 4.34 Å². The van der Waals surface area contributed by atoms with Crippen LogP contribution in [0.4, 0.5) is 10.8 Å². The summed E-state index contributed by atoms with van der Waals surface area (Å²) in [6.45, 7) is 7.68. The van der Waals surface area contributed by atoms with Crippen LogP contribution in [0.3, 0.4) is 0 Å². The molecule has 0 saturated carbocycles. The Morgan fingerprint density at radius 2 is 2.06 bits per heavy atom. The second kappa shape index (κ2) is 11.8. The highest BCUT2D eigenvalue weighted by atomic mass is 32.2. The van der Waals surface area contributed by atoms with E-state index in [1.807, 2.05) is 13.8 Å². The molecule has 0 bridgehead atoms. The predicted octanol–water partition coefficient (Wildman–Crippen LogP) is 3.05. The summed E-state index contributed by atoms with van der Waals surface area (Å²) in [5, 5.41) is 14.5. The van der Waals surface area contributed by atoms with Crippen molar-refractivity contribution in [2.45, 2.75) is 41.7 Å². The smallest absolute Gasteiger partial charge is 0.242 e. The molecule has 2 aromatic rings. The fourth-order valence-corrected chi connectivity index (χ4v) is 5.24. The molecule has 2 N–H and O–H groups in total. The number of amides is 1. The third-order valence-electron chi connectivity index (χ3n) is 4.24. The molecule has 0 aliphatic rings. The lowest BCUT2D eigenvalue weighted by Crippen LogP contribution is -2.24. The molecule has 0 saturated heterocycles. The highest BCUT2D eigenvalue weighted by molar-refractivity contribution is 8.02. The standard InChI is InChI=1S/C19H29N5O4S3/c1-6-28-11-7-10-20-18-22-23-19(30-18)29-14(3)17(25)21-16-12-15(9-8-13(16)2)31(26,27)24(4)5/h8-9,12,14H,6-7,10-11H2,1-5H3,(H,20,22)(H,21,25). The van der Waals surface area contributed by atoms with Crippen molar-refractivity contribution >= 4 is 49.8 Å². The van der Waals surface area contributed by atoms with E-state index in [1.54, 1.807) is 13.0 Å². The molecular weight excluding hydrogens is 458 g/mol. The van der Waals surface area contributed by atoms with E-state index in [0.29, 0.717) is 28.4 Å². The minimum atomic E-state index is -3.59. The van der Waals surface area contributed by atoms with Gasteiger partial charge in [0.05, 0.1) is 10.1 Å². The van der Waals surface area contributed by atoms with Crippen LogP contribution in [-0.2, 0) is 19.6 Å². The van der Waals surface area contributed by atoms with Crippen LogP contribution in [0.5, 0.6) is 0 Å². The number of nitrogens with one attached hydrogen (secondary N) is 2. The molecular formula is C19H29N5O4S3. The lowest BCUT2D eigenvalue weighted by atomic mass is 10.2. The lowest BCUT2D eigenvalue weighted by molar-refractivity contribution is -0.115. The Balaban J connectivity index is 1.96. The zero-order chi connectivity index (χ0) is 23.0. The van der Waals surface area contributed by atoms with Crippen LogP contribution in [-0.4, -0.2) is 67.9 Å². The van der Waals surface area contributed by atoms with E-state index in [1.165, 1.54) is 49.3 Å². The van der Waals surface area contributed by atoms with Crippen LogP contribution in [0.15, 0.2) is 27.4 Å². The molecule has 31 heavy (non-hydrogen) atoms. The molecule has 1 aromatic heterocycles. The summed E-state index contributed by atoms with van der Waals surface area (Å²) in [5.74, 6) is -0.242.